The van der Waals surface area contributed by atoms with Gasteiger partial charge in [-0.1, -0.05) is 28.1 Å². The SMILES string of the molecule is COC(=O)/C(C#N)=C/c1ccc(OCCOc2cccc(Br)c2)c(OC)c1. The van der Waals surface area contributed by atoms with E-state index < -0.39 is 5.97 Å². The number of esters is 1. The molecule has 7 heteroatoms. The zero-order chi connectivity index (χ0) is 19.6. The number of methoxy groups -OCH3 is 2. The maximum absolute atomic E-state index is 11.5. The minimum absolute atomic E-state index is 0.101. The number of carbonyl (C=O) groups excluding carboxylic acids is 1. The summed E-state index contributed by atoms with van der Waals surface area (Å²) >= 11 is 3.39. The zero-order valence-corrected chi connectivity index (χ0v) is 16.5. The number of hydrogen-bond donors (Lipinski definition) is 0. The highest BCUT2D eigenvalue weighted by Crippen LogP contribution is 2.29. The van der Waals surface area contributed by atoms with Gasteiger partial charge in [0.25, 0.3) is 0 Å². The van der Waals surface area contributed by atoms with Crippen LogP contribution in [0.3, 0.4) is 0 Å². The van der Waals surface area contributed by atoms with Gasteiger partial charge in [0, 0.05) is 4.47 Å². The van der Waals surface area contributed by atoms with Gasteiger partial charge in [-0.15, -0.1) is 0 Å². The smallest absolute Gasteiger partial charge is 0.348 e. The van der Waals surface area contributed by atoms with Crippen LogP contribution in [-0.4, -0.2) is 33.4 Å². The molecule has 0 fully saturated rings. The van der Waals surface area contributed by atoms with E-state index in [0.29, 0.717) is 30.3 Å². The molecule has 2 aromatic carbocycles. The Morgan fingerprint density at radius 2 is 1.89 bits per heavy atom. The summed E-state index contributed by atoms with van der Waals surface area (Å²) in [6.45, 7) is 0.686. The average Bonchev–Trinajstić information content (AvgIpc) is 2.69. The van der Waals surface area contributed by atoms with E-state index in [0.717, 1.165) is 10.2 Å². The second-order valence-corrected chi connectivity index (χ2v) is 6.14. The van der Waals surface area contributed by atoms with Gasteiger partial charge in [0.2, 0.25) is 0 Å². The minimum atomic E-state index is -0.693. The first-order chi connectivity index (χ1) is 13.1. The molecular weight excluding hydrogens is 414 g/mol. The molecule has 0 radical (unpaired) electrons. The molecule has 27 heavy (non-hydrogen) atoms. The number of carbonyl (C=O) groups is 1. The highest BCUT2D eigenvalue weighted by Gasteiger charge is 2.10. The number of nitrogens with zero attached hydrogens (tertiary/aromatic N) is 1. The van der Waals surface area contributed by atoms with Gasteiger partial charge in [-0.2, -0.15) is 5.26 Å². The first-order valence-corrected chi connectivity index (χ1v) is 8.76. The van der Waals surface area contributed by atoms with Gasteiger partial charge in [-0.05, 0) is 42.0 Å². The summed E-state index contributed by atoms with van der Waals surface area (Å²) in [5, 5.41) is 9.03. The van der Waals surface area contributed by atoms with Crippen LogP contribution in [0.25, 0.3) is 6.08 Å². The molecule has 0 aromatic heterocycles. The van der Waals surface area contributed by atoms with Crippen LogP contribution in [0.5, 0.6) is 17.2 Å². The summed E-state index contributed by atoms with van der Waals surface area (Å²) in [6, 6.07) is 14.4. The van der Waals surface area contributed by atoms with E-state index >= 15 is 0 Å². The van der Waals surface area contributed by atoms with Crippen molar-refractivity contribution in [3.63, 3.8) is 0 Å². The largest absolute Gasteiger partial charge is 0.493 e. The standard InChI is InChI=1S/C20H18BrNO5/c1-24-19-11-14(10-15(13-22)20(23)25-2)6-7-18(19)27-9-8-26-17-5-3-4-16(21)12-17/h3-7,10-12H,8-9H2,1-2H3/b15-10+. The van der Waals surface area contributed by atoms with Crippen LogP contribution in [0.15, 0.2) is 52.5 Å². The fraction of sp³-hybridized carbons (Fsp3) is 0.200. The van der Waals surface area contributed by atoms with Crippen LogP contribution < -0.4 is 14.2 Å². The summed E-state index contributed by atoms with van der Waals surface area (Å²) in [7, 11) is 2.74. The van der Waals surface area contributed by atoms with Crippen LogP contribution >= 0.6 is 15.9 Å². The van der Waals surface area contributed by atoms with Gasteiger partial charge in [0.1, 0.15) is 30.6 Å². The van der Waals surface area contributed by atoms with E-state index in [1.807, 2.05) is 30.3 Å². The summed E-state index contributed by atoms with van der Waals surface area (Å²) < 4.78 is 22.1. The Hall–Kier alpha value is -2.98. The molecule has 2 rings (SSSR count). The molecule has 0 saturated heterocycles. The molecule has 0 aliphatic heterocycles. The molecule has 0 atom stereocenters. The van der Waals surface area contributed by atoms with Gasteiger partial charge < -0.3 is 18.9 Å². The number of benzene rings is 2. The van der Waals surface area contributed by atoms with Gasteiger partial charge >= 0.3 is 5.97 Å². The molecule has 6 nitrogen and oxygen atoms in total. The number of ether oxygens (including phenoxy) is 4. The third-order valence-electron chi connectivity index (χ3n) is 3.43. The maximum Gasteiger partial charge on any atom is 0.348 e. The molecule has 0 N–H and O–H groups in total. The van der Waals surface area contributed by atoms with Crippen molar-refractivity contribution in [2.75, 3.05) is 27.4 Å². The predicted octanol–water partition coefficient (Wildman–Crippen LogP) is 4.00. The molecule has 0 aliphatic carbocycles. The van der Waals surface area contributed by atoms with E-state index in [1.165, 1.54) is 20.3 Å². The number of nitriles is 1. The summed E-state index contributed by atoms with van der Waals surface area (Å²) in [5.41, 5.74) is 0.516. The Kier molecular flexibility index (Phi) is 7.71. The van der Waals surface area contributed by atoms with E-state index in [1.54, 1.807) is 18.2 Å². The molecule has 0 spiro atoms. The Morgan fingerprint density at radius 1 is 1.11 bits per heavy atom. The highest BCUT2D eigenvalue weighted by molar-refractivity contribution is 9.10. The van der Waals surface area contributed by atoms with Gasteiger partial charge in [0.15, 0.2) is 11.5 Å². The van der Waals surface area contributed by atoms with Gasteiger partial charge in [-0.25, -0.2) is 4.79 Å². The van der Waals surface area contributed by atoms with E-state index in [2.05, 4.69) is 20.7 Å². The second kappa shape index (κ2) is 10.2. The van der Waals surface area contributed by atoms with E-state index in [-0.39, 0.29) is 5.57 Å². The van der Waals surface area contributed by atoms with Gasteiger partial charge in [0.05, 0.1) is 14.2 Å². The minimum Gasteiger partial charge on any atom is -0.493 e. The molecule has 0 aliphatic rings. The van der Waals surface area contributed by atoms with Crippen molar-refractivity contribution in [1.29, 1.82) is 5.26 Å². The van der Waals surface area contributed by atoms with Crippen LogP contribution in [0.2, 0.25) is 0 Å². The Bertz CT molecular complexity index is 873. The Balaban J connectivity index is 2.00. The fourth-order valence-electron chi connectivity index (χ4n) is 2.17. The molecular formula is C20H18BrNO5. The lowest BCUT2D eigenvalue weighted by molar-refractivity contribution is -0.135. The molecule has 2 aromatic rings. The molecule has 0 bridgehead atoms. The lowest BCUT2D eigenvalue weighted by Gasteiger charge is -2.12. The van der Waals surface area contributed by atoms with Crippen molar-refractivity contribution in [2.45, 2.75) is 0 Å². The van der Waals surface area contributed by atoms with E-state index in [4.69, 9.17) is 19.5 Å². The predicted molar refractivity (Wildman–Crippen MR) is 104 cm³/mol. The lowest BCUT2D eigenvalue weighted by Crippen LogP contribution is -2.09. The van der Waals surface area contributed by atoms with E-state index in [9.17, 15) is 4.79 Å². The number of halogens is 1. The average molecular weight is 432 g/mol. The topological polar surface area (TPSA) is 77.8 Å². The molecule has 140 valence electrons. The van der Waals surface area contributed by atoms with Crippen LogP contribution in [0.1, 0.15) is 5.56 Å². The second-order valence-electron chi connectivity index (χ2n) is 5.23. The summed E-state index contributed by atoms with van der Waals surface area (Å²) in [6.07, 6.45) is 1.43. The van der Waals surface area contributed by atoms with Crippen molar-refractivity contribution < 1.29 is 23.7 Å². The van der Waals surface area contributed by atoms with Crippen molar-refractivity contribution >= 4 is 28.0 Å². The summed E-state index contributed by atoms with van der Waals surface area (Å²) in [5.74, 6) is 1.06. The highest BCUT2D eigenvalue weighted by atomic mass is 79.9. The molecule has 0 amide bonds. The monoisotopic (exact) mass is 431 g/mol. The van der Waals surface area contributed by atoms with Crippen molar-refractivity contribution in [3.05, 3.63) is 58.1 Å². The van der Waals surface area contributed by atoms with Crippen LogP contribution in [0.4, 0.5) is 0 Å². The first-order valence-electron chi connectivity index (χ1n) is 7.96. The van der Waals surface area contributed by atoms with Crippen LogP contribution in [-0.2, 0) is 9.53 Å². The summed E-state index contributed by atoms with van der Waals surface area (Å²) in [4.78, 5) is 11.5. The third kappa shape index (κ3) is 6.04. The molecule has 0 saturated carbocycles. The number of rotatable bonds is 8. The lowest BCUT2D eigenvalue weighted by atomic mass is 10.1. The normalized spacial score (nSPS) is 10.7. The van der Waals surface area contributed by atoms with Crippen molar-refractivity contribution in [3.8, 4) is 23.3 Å². The Morgan fingerprint density at radius 3 is 2.56 bits per heavy atom. The molecule has 0 unspecified atom stereocenters. The van der Waals surface area contributed by atoms with Crippen LogP contribution in [0, 0.1) is 11.3 Å². The fourth-order valence-corrected chi connectivity index (χ4v) is 2.55. The third-order valence-corrected chi connectivity index (χ3v) is 3.92. The maximum atomic E-state index is 11.5. The molecule has 0 heterocycles. The quantitative estimate of drug-likeness (QED) is 0.272. The zero-order valence-electron chi connectivity index (χ0n) is 14.9. The van der Waals surface area contributed by atoms with Gasteiger partial charge in [-0.3, -0.25) is 0 Å². The Labute approximate surface area is 166 Å². The van der Waals surface area contributed by atoms with Crippen molar-refractivity contribution in [1.82, 2.24) is 0 Å². The van der Waals surface area contributed by atoms with Crippen molar-refractivity contribution in [2.24, 2.45) is 0 Å². The first kappa shape index (κ1) is 20.3. The number of hydrogen-bond acceptors (Lipinski definition) is 6.